The maximum absolute atomic E-state index is 2.59. The number of benzene rings is 12. The molecule has 14 nitrogen and oxygen atoms in total. The molecule has 0 aliphatic carbocycles. The van der Waals surface area contributed by atoms with Gasteiger partial charge in [0, 0.05) is 56.2 Å². The molecule has 4 aromatic heterocycles. The van der Waals surface area contributed by atoms with Gasteiger partial charge in [0.2, 0.25) is 0 Å². The number of aryl methyl sites for hydroxylation is 10. The summed E-state index contributed by atoms with van der Waals surface area (Å²) in [5.74, 6) is 7.80. The molecule has 0 N–H and O–H groups in total. The molecular weight excluding hydrogens is 1610 g/mol. The average molecular weight is 1740 g/mol. The second-order valence-corrected chi connectivity index (χ2v) is 39.4. The van der Waals surface area contributed by atoms with Gasteiger partial charge in [0.1, 0.15) is 49.6 Å². The fourth-order valence-electron chi connectivity index (χ4n) is 22.7. The summed E-state index contributed by atoms with van der Waals surface area (Å²) in [4.78, 5) is 15.2. The number of anilines is 10. The van der Waals surface area contributed by atoms with Crippen LogP contribution in [-0.2, 0) is 28.2 Å². The quantitative estimate of drug-likeness (QED) is 0.0897. The highest BCUT2D eigenvalue weighted by Gasteiger charge is 2.59. The maximum Gasteiger partial charge on any atom is 0.643 e. The van der Waals surface area contributed by atoms with E-state index in [1.165, 1.54) is 202 Å². The first kappa shape index (κ1) is 87.8. The number of hydrogen-bond acceptors (Lipinski definition) is 6. The smallest absolute Gasteiger partial charge is 0.372 e. The molecule has 660 valence electrons. The van der Waals surface area contributed by atoms with E-state index in [2.05, 4.69) is 524 Å². The Morgan fingerprint density at radius 3 is 1.14 bits per heavy atom. The van der Waals surface area contributed by atoms with Gasteiger partial charge in [-0.15, -0.1) is 0 Å². The van der Waals surface area contributed by atoms with Crippen molar-refractivity contribution in [2.24, 2.45) is 28.2 Å². The molecule has 0 fully saturated rings. The number of aromatic nitrogens is 8. The van der Waals surface area contributed by atoms with E-state index < -0.39 is 0 Å². The van der Waals surface area contributed by atoms with E-state index in [9.17, 15) is 0 Å². The van der Waals surface area contributed by atoms with E-state index in [0.29, 0.717) is 35.5 Å². The molecular formula is C114H126B4N14+4. The first-order chi connectivity index (χ1) is 63.6. The molecule has 12 aromatic carbocycles. The van der Waals surface area contributed by atoms with Gasteiger partial charge in [-0.3, -0.25) is 17.9 Å². The number of para-hydroxylation sites is 6. The summed E-state index contributed by atoms with van der Waals surface area (Å²) >= 11 is 0. The molecule has 0 saturated heterocycles. The Labute approximate surface area is 785 Å². The zero-order valence-corrected chi connectivity index (χ0v) is 81.7. The number of nitrogens with zero attached hydrogens (tertiary/aromatic N) is 14. The van der Waals surface area contributed by atoms with Crippen LogP contribution in [0.1, 0.15) is 185 Å². The summed E-state index contributed by atoms with van der Waals surface area (Å²) in [5.41, 5.74) is 42.2. The van der Waals surface area contributed by atoms with Gasteiger partial charge in [-0.2, -0.15) is 0 Å². The zero-order chi connectivity index (χ0) is 92.6. The second kappa shape index (κ2) is 34.7. The number of fused-ring (bicyclic) bond motifs is 22. The third-order valence-electron chi connectivity index (χ3n) is 28.7. The first-order valence-corrected chi connectivity index (χ1v) is 47.7. The van der Waals surface area contributed by atoms with E-state index in [4.69, 9.17) is 0 Å². The van der Waals surface area contributed by atoms with Crippen molar-refractivity contribution in [2.45, 2.75) is 160 Å². The Hall–Kier alpha value is -13.5. The maximum atomic E-state index is 2.59. The lowest BCUT2D eigenvalue weighted by Gasteiger charge is -2.35. The minimum Gasteiger partial charge on any atom is -0.372 e. The minimum atomic E-state index is -0.102. The van der Waals surface area contributed by atoms with Gasteiger partial charge in [0.05, 0.1) is 73.2 Å². The van der Waals surface area contributed by atoms with Gasteiger partial charge in [-0.25, -0.2) is 18.3 Å². The Bertz CT molecular complexity index is 6990. The van der Waals surface area contributed by atoms with Crippen molar-refractivity contribution in [2.75, 3.05) is 43.0 Å². The predicted molar refractivity (Wildman–Crippen MR) is 556 cm³/mol. The highest BCUT2D eigenvalue weighted by atomic mass is 15.4. The van der Waals surface area contributed by atoms with Crippen LogP contribution >= 0.6 is 0 Å². The van der Waals surface area contributed by atoms with Crippen LogP contribution < -0.4 is 57.8 Å². The standard InChI is InChI=1S/C35H28BN4.C29H32BN4.2C25H33BN3/c1-25-13-11-22-32-33(25)35-37(2)23-24-38(35)36-39(32)30-20-9-10-21-31(30)40(36)34-28(26-14-5-3-6-15-26)18-12-19-29(34)27-16-7-4-8-17-27;1-19(2)22-12-10-13-23(20(3)4)28(22)34-25-15-8-7-14-24(25)33-26-16-9-11-21(5)27(26)29-31(6)17-18-32(29)30(33)34;1-16(2)20-10-9-11-21(17(3)4)24(20)26-28(8)22-15-18(5)14-19(6)23(22)25-27(7)12-13-29(25)26;1-16(2)20-10-9-11-21(17(3)4)23(20)26-28(8)24-19(6)13-12-18(5)22(24)25-27(7)14-15-29(25)26/h3-24H,1-2H3;7-20H,1-6H3;2*9-17H,1-8H3/q4*+1. The van der Waals surface area contributed by atoms with Crippen molar-refractivity contribution in [1.29, 1.82) is 0 Å². The molecule has 0 unspecified atom stereocenters. The molecule has 0 radical (unpaired) electrons. The van der Waals surface area contributed by atoms with Crippen LogP contribution in [0.3, 0.4) is 0 Å². The molecule has 10 heterocycles. The lowest BCUT2D eigenvalue weighted by molar-refractivity contribution is -0.659. The van der Waals surface area contributed by atoms with E-state index >= 15 is 0 Å². The number of rotatable bonds is 12. The first-order valence-electron chi connectivity index (χ1n) is 47.7. The van der Waals surface area contributed by atoms with Crippen molar-refractivity contribution >= 4 is 96.0 Å². The summed E-state index contributed by atoms with van der Waals surface area (Å²) < 4.78 is 18.9. The molecule has 132 heavy (non-hydrogen) atoms. The van der Waals surface area contributed by atoms with Gasteiger partial charge in [0.15, 0.2) is 0 Å². The minimum absolute atomic E-state index is 0.000278. The Morgan fingerprint density at radius 2 is 0.644 bits per heavy atom. The van der Waals surface area contributed by atoms with Gasteiger partial charge < -0.3 is 28.9 Å². The average Bonchev–Trinajstić information content (AvgIpc) is 1.40. The molecule has 0 bridgehead atoms. The molecule has 0 atom stereocenters. The highest BCUT2D eigenvalue weighted by molar-refractivity contribution is 6.74. The topological polar surface area (TPSA) is 54.7 Å². The molecule has 6 aliphatic rings. The third-order valence-corrected chi connectivity index (χ3v) is 28.7. The third kappa shape index (κ3) is 14.3. The van der Waals surface area contributed by atoms with Crippen LogP contribution in [0.4, 0.5) is 56.9 Å². The van der Waals surface area contributed by atoms with Gasteiger partial charge in [0.25, 0.3) is 23.3 Å². The Morgan fingerprint density at radius 1 is 0.273 bits per heavy atom. The summed E-state index contributed by atoms with van der Waals surface area (Å²) in [6.45, 7) is 41.4. The lowest BCUT2D eigenvalue weighted by atomic mass is 9.58. The largest absolute Gasteiger partial charge is 0.643 e. The van der Waals surface area contributed by atoms with E-state index in [0.717, 1.165) is 0 Å². The summed E-state index contributed by atoms with van der Waals surface area (Å²) in [7, 11) is 13.1. The molecule has 16 aromatic rings. The van der Waals surface area contributed by atoms with Crippen LogP contribution in [0.25, 0.3) is 67.8 Å². The highest BCUT2D eigenvalue weighted by Crippen LogP contribution is 2.57. The van der Waals surface area contributed by atoms with E-state index in [-0.39, 0.29) is 28.2 Å². The van der Waals surface area contributed by atoms with E-state index in [1.807, 2.05) is 0 Å². The zero-order valence-electron chi connectivity index (χ0n) is 81.7. The second-order valence-electron chi connectivity index (χ2n) is 39.4. The van der Waals surface area contributed by atoms with Crippen molar-refractivity contribution in [3.63, 3.8) is 0 Å². The molecule has 0 saturated carbocycles. The normalized spacial score (nSPS) is 13.4. The molecule has 18 heteroatoms. The Kier molecular flexibility index (Phi) is 23.1. The molecule has 0 spiro atoms. The summed E-state index contributed by atoms with van der Waals surface area (Å²) in [6, 6.07) is 89.1. The fraction of sp³-hybridized carbons (Fsp3) is 0.263. The van der Waals surface area contributed by atoms with Crippen molar-refractivity contribution < 1.29 is 18.0 Å². The monoisotopic (exact) mass is 1740 g/mol. The van der Waals surface area contributed by atoms with Gasteiger partial charge in [-0.1, -0.05) is 283 Å². The molecule has 0 amide bonds. The van der Waals surface area contributed by atoms with Crippen molar-refractivity contribution in [1.82, 2.24) is 18.2 Å². The predicted octanol–water partition coefficient (Wildman–Crippen LogP) is 23.5. The lowest BCUT2D eigenvalue weighted by Crippen LogP contribution is -2.71. The molecule has 22 rings (SSSR count). The van der Waals surface area contributed by atoms with Gasteiger partial charge in [-0.05, 0) is 211 Å². The number of hydrogen-bond donors (Lipinski definition) is 0. The van der Waals surface area contributed by atoms with Crippen LogP contribution in [0, 0.1) is 41.5 Å². The van der Waals surface area contributed by atoms with Crippen LogP contribution in [-0.4, -0.2) is 60.5 Å². The summed E-state index contributed by atoms with van der Waals surface area (Å²) in [6.07, 6.45) is 17.7. The van der Waals surface area contributed by atoms with Gasteiger partial charge >= 0.3 is 28.2 Å². The summed E-state index contributed by atoms with van der Waals surface area (Å²) in [5, 5.41) is 0. The fourth-order valence-corrected chi connectivity index (χ4v) is 22.7. The molecule has 6 aliphatic heterocycles. The van der Waals surface area contributed by atoms with Crippen LogP contribution in [0.15, 0.2) is 292 Å². The number of imidazole rings is 4. The van der Waals surface area contributed by atoms with Crippen LogP contribution in [0.2, 0.25) is 0 Å². The Balaban J connectivity index is 0.000000115. The van der Waals surface area contributed by atoms with E-state index in [1.54, 1.807) is 0 Å². The van der Waals surface area contributed by atoms with Crippen molar-refractivity contribution in [3.05, 3.63) is 359 Å². The van der Waals surface area contributed by atoms with Crippen LogP contribution in [0.5, 0.6) is 0 Å². The SMILES string of the molecule is Cc1cc(C)c2c(c1)N(C)B(c1c(C(C)C)cccc1C(C)C)[n+]1ccn(C)c1-2.Cc1ccc(C)c2c1-c1n(C)cc[n+]1B(c1c(C(C)C)cccc1C(C)C)N2C.Cc1cccc2c1-c1n(C)cc[n+]1B1N2c2ccccc2N1c1c(C(C)C)cccc1C(C)C.Cc1cccc2c1-c1n(cc[n+]1C)B1N2c2ccccc2N1c1c(-c2ccccc2)cccc1-c1ccccc1. The van der Waals surface area contributed by atoms with Crippen molar-refractivity contribution in [3.8, 4) is 67.8 Å².